The van der Waals surface area contributed by atoms with Crippen LogP contribution in [0.2, 0.25) is 0 Å². The van der Waals surface area contributed by atoms with Gasteiger partial charge in [-0.15, -0.1) is 0 Å². The Morgan fingerprint density at radius 3 is 1.60 bits per heavy atom. The van der Waals surface area contributed by atoms with Crippen LogP contribution in [-0.2, 0) is 14.9 Å². The molecule has 0 unspecified atom stereocenters. The fraction of sp³-hybridized carbons (Fsp3) is 1.00. The molecule has 170 valence electrons. The smallest absolute Gasteiger partial charge is 0.743 e. The molecule has 0 radical (unpaired) electrons. The molecule has 0 amide bonds. The Bertz CT molecular complexity index is 723. The van der Waals surface area contributed by atoms with E-state index in [2.05, 4.69) is 4.74 Å². The first kappa shape index (κ1) is 26.6. The molecule has 0 aliphatic heterocycles. The van der Waals surface area contributed by atoms with Crippen molar-refractivity contribution in [3.63, 3.8) is 0 Å². The summed E-state index contributed by atoms with van der Waals surface area (Å²) in [6, 6.07) is 0. The molecule has 0 spiro atoms. The molecule has 0 N–H and O–H groups in total. The van der Waals surface area contributed by atoms with Crippen LogP contribution in [0.25, 0.3) is 0 Å². The summed E-state index contributed by atoms with van der Waals surface area (Å²) in [7, 11) is -7.16. The Balaban J connectivity index is 0.00000320. The molecule has 4 nitrogen and oxygen atoms in total. The van der Waals surface area contributed by atoms with Crippen molar-refractivity contribution in [2.75, 3.05) is 0 Å². The largest absolute Gasteiger partial charge is 1.00 e. The SMILES string of the molecule is O=S(=O)([O-])C(F)(F)C(F)(F)OC(F)(F)C(F)(F)CCC12CC3CC(CC(C3)C1)C2.[Na+]. The Morgan fingerprint density at radius 2 is 1.23 bits per heavy atom. The predicted molar refractivity (Wildman–Crippen MR) is 80.4 cm³/mol. The minimum Gasteiger partial charge on any atom is -0.743 e. The van der Waals surface area contributed by atoms with Crippen molar-refractivity contribution in [3.05, 3.63) is 0 Å². The van der Waals surface area contributed by atoms with Crippen LogP contribution in [0, 0.1) is 23.2 Å². The third kappa shape index (κ3) is 4.66. The molecule has 4 bridgehead atoms. The van der Waals surface area contributed by atoms with Crippen molar-refractivity contribution in [1.29, 1.82) is 0 Å². The summed E-state index contributed by atoms with van der Waals surface area (Å²) < 4.78 is 141. The van der Waals surface area contributed by atoms with Crippen molar-refractivity contribution < 1.29 is 82.4 Å². The van der Waals surface area contributed by atoms with E-state index in [1.807, 2.05) is 0 Å². The number of ether oxygens (including phenoxy) is 1. The minimum atomic E-state index is -7.16. The summed E-state index contributed by atoms with van der Waals surface area (Å²) >= 11 is 0. The number of halogens is 8. The number of hydrogen-bond donors (Lipinski definition) is 0. The number of rotatable bonds is 8. The van der Waals surface area contributed by atoms with Gasteiger partial charge in [0.05, 0.1) is 0 Å². The third-order valence-electron chi connectivity index (χ3n) is 6.47. The molecule has 4 fully saturated rings. The second kappa shape index (κ2) is 7.96. The van der Waals surface area contributed by atoms with Crippen molar-refractivity contribution in [2.45, 2.75) is 74.8 Å². The monoisotopic (exact) mass is 482 g/mol. The quantitative estimate of drug-likeness (QED) is 0.302. The van der Waals surface area contributed by atoms with Crippen LogP contribution in [0.4, 0.5) is 35.1 Å². The fourth-order valence-corrected chi connectivity index (χ4v) is 5.94. The summed E-state index contributed by atoms with van der Waals surface area (Å²) in [5.74, 6) is -4.37. The van der Waals surface area contributed by atoms with Gasteiger partial charge in [-0.05, 0) is 68.1 Å². The van der Waals surface area contributed by atoms with Crippen LogP contribution >= 0.6 is 0 Å². The Hall–Kier alpha value is 0.310. The number of hydrogen-bond acceptors (Lipinski definition) is 4. The maximum Gasteiger partial charge on any atom is 1.00 e. The molecule has 0 atom stereocenters. The van der Waals surface area contributed by atoms with Crippen LogP contribution in [0.15, 0.2) is 0 Å². The van der Waals surface area contributed by atoms with E-state index in [0.717, 1.165) is 19.3 Å². The second-order valence-electron chi connectivity index (χ2n) is 8.73. The van der Waals surface area contributed by atoms with Gasteiger partial charge >= 0.3 is 53.0 Å². The molecule has 4 aliphatic rings. The van der Waals surface area contributed by atoms with E-state index < -0.39 is 51.8 Å². The van der Waals surface area contributed by atoms with E-state index in [1.165, 1.54) is 0 Å². The molecule has 0 aromatic heterocycles. The summed E-state index contributed by atoms with van der Waals surface area (Å²) in [4.78, 5) is 0. The van der Waals surface area contributed by atoms with Crippen LogP contribution in [-0.4, -0.2) is 36.4 Å². The van der Waals surface area contributed by atoms with Gasteiger partial charge in [-0.2, -0.15) is 35.1 Å². The Labute approximate surface area is 190 Å². The van der Waals surface area contributed by atoms with E-state index in [9.17, 15) is 48.1 Å². The van der Waals surface area contributed by atoms with Crippen molar-refractivity contribution in [1.82, 2.24) is 0 Å². The van der Waals surface area contributed by atoms with Gasteiger partial charge in [0.15, 0.2) is 10.1 Å². The van der Waals surface area contributed by atoms with E-state index >= 15 is 0 Å². The zero-order valence-corrected chi connectivity index (χ0v) is 18.8. The van der Waals surface area contributed by atoms with Gasteiger partial charge in [0.2, 0.25) is 0 Å². The number of alkyl halides is 8. The average molecular weight is 482 g/mol. The summed E-state index contributed by atoms with van der Waals surface area (Å²) in [5, 5.41) is -6.65. The van der Waals surface area contributed by atoms with Gasteiger partial charge in [0.1, 0.15) is 0 Å². The zero-order chi connectivity index (χ0) is 22.1. The maximum absolute atomic E-state index is 14.0. The molecule has 0 aromatic rings. The Morgan fingerprint density at radius 1 is 0.833 bits per heavy atom. The summed E-state index contributed by atoms with van der Waals surface area (Å²) in [5.41, 5.74) is -0.626. The first-order valence-corrected chi connectivity index (χ1v) is 10.5. The third-order valence-corrected chi connectivity index (χ3v) is 7.33. The van der Waals surface area contributed by atoms with E-state index in [1.54, 1.807) is 0 Å². The van der Waals surface area contributed by atoms with Crippen molar-refractivity contribution in [2.24, 2.45) is 23.2 Å². The molecule has 30 heavy (non-hydrogen) atoms. The van der Waals surface area contributed by atoms with E-state index in [4.69, 9.17) is 0 Å². The minimum absolute atomic E-state index is 0. The Kier molecular flexibility index (Phi) is 7.05. The molecule has 0 saturated heterocycles. The van der Waals surface area contributed by atoms with Gasteiger partial charge in [0.25, 0.3) is 0 Å². The maximum atomic E-state index is 14.0. The van der Waals surface area contributed by atoms with Crippen LogP contribution in [0.1, 0.15) is 51.4 Å². The van der Waals surface area contributed by atoms with E-state index in [-0.39, 0.29) is 29.6 Å². The molecule has 4 rings (SSSR count). The summed E-state index contributed by atoms with van der Waals surface area (Å²) in [6.45, 7) is 0. The fourth-order valence-electron chi connectivity index (χ4n) is 5.60. The molecule has 4 saturated carbocycles. The van der Waals surface area contributed by atoms with Gasteiger partial charge in [0, 0.05) is 6.42 Å². The van der Waals surface area contributed by atoms with Crippen molar-refractivity contribution >= 4 is 10.1 Å². The zero-order valence-electron chi connectivity index (χ0n) is 16.0. The van der Waals surface area contributed by atoms with Gasteiger partial charge < -0.3 is 4.55 Å². The van der Waals surface area contributed by atoms with Crippen LogP contribution in [0.5, 0.6) is 0 Å². The second-order valence-corrected chi connectivity index (χ2v) is 10.1. The molecular weight excluding hydrogens is 463 g/mol. The topological polar surface area (TPSA) is 66.4 Å². The molecule has 14 heteroatoms. The first-order valence-electron chi connectivity index (χ1n) is 9.07. The van der Waals surface area contributed by atoms with Crippen molar-refractivity contribution in [3.8, 4) is 0 Å². The summed E-state index contributed by atoms with van der Waals surface area (Å²) in [6.07, 6.45) is -10.3. The molecule has 0 heterocycles. The molecular formula is C16H19F8NaO4S. The predicted octanol–water partition coefficient (Wildman–Crippen LogP) is 1.96. The molecule has 4 aliphatic carbocycles. The van der Waals surface area contributed by atoms with E-state index in [0.29, 0.717) is 37.0 Å². The molecule has 0 aromatic carbocycles. The van der Waals surface area contributed by atoms with Gasteiger partial charge in [-0.1, -0.05) is 0 Å². The normalized spacial score (nSPS) is 32.2. The van der Waals surface area contributed by atoms with Gasteiger partial charge in [-0.3, -0.25) is 0 Å². The standard InChI is InChI=1S/C16H20F8O4S.Na/c17-13(18,14(19,20)28-15(21,22)16(23,24)29(25,26)27)2-1-12-6-9-3-10(7-12)5-11(4-9)8-12;/h9-11H,1-8H2,(H,25,26,27);/q;+1/p-1. The van der Waals surface area contributed by atoms with Crippen LogP contribution in [0.3, 0.4) is 0 Å². The van der Waals surface area contributed by atoms with Gasteiger partial charge in [-0.25, -0.2) is 13.2 Å². The first-order chi connectivity index (χ1) is 12.9. The average Bonchev–Trinajstić information content (AvgIpc) is 2.49. The van der Waals surface area contributed by atoms with Crippen LogP contribution < -0.4 is 29.6 Å².